The fourth-order valence-electron chi connectivity index (χ4n) is 1.52. The van der Waals surface area contributed by atoms with Gasteiger partial charge in [-0.15, -0.1) is 0 Å². The molecule has 0 fully saturated rings. The van der Waals surface area contributed by atoms with Gasteiger partial charge in [0.1, 0.15) is 18.2 Å². The van der Waals surface area contributed by atoms with E-state index in [-0.39, 0.29) is 6.61 Å². The third-order valence-corrected chi connectivity index (χ3v) is 2.40. The van der Waals surface area contributed by atoms with Crippen LogP contribution in [0.3, 0.4) is 0 Å². The zero-order valence-corrected chi connectivity index (χ0v) is 9.88. The number of hydrogen-bond donors (Lipinski definition) is 1. The predicted molar refractivity (Wildman–Crippen MR) is 63.4 cm³/mol. The monoisotopic (exact) mass is 248 g/mol. The Morgan fingerprint density at radius 1 is 1.33 bits per heavy atom. The molecule has 2 rings (SSSR count). The number of nitrogens with zero attached hydrogens (tertiary/aromatic N) is 2. The van der Waals surface area contributed by atoms with E-state index in [4.69, 9.17) is 4.74 Å². The second kappa shape index (κ2) is 5.55. The van der Waals surface area contributed by atoms with E-state index in [0.29, 0.717) is 17.1 Å². The van der Waals surface area contributed by atoms with Gasteiger partial charge >= 0.3 is 0 Å². The van der Waals surface area contributed by atoms with Crippen LogP contribution < -0.4 is 4.74 Å². The molecule has 0 aliphatic rings. The van der Waals surface area contributed by atoms with Crippen LogP contribution in [0.5, 0.6) is 5.75 Å². The zero-order valence-electron chi connectivity index (χ0n) is 9.88. The highest BCUT2D eigenvalue weighted by molar-refractivity contribution is 5.35. The van der Waals surface area contributed by atoms with E-state index in [1.807, 2.05) is 0 Å². The third kappa shape index (κ3) is 3.01. The van der Waals surface area contributed by atoms with E-state index in [1.54, 1.807) is 25.4 Å². The molecule has 0 amide bonds. The van der Waals surface area contributed by atoms with Gasteiger partial charge in [0.25, 0.3) is 0 Å². The largest absolute Gasteiger partial charge is 0.485 e. The highest BCUT2D eigenvalue weighted by Gasteiger charge is 2.11. The number of halogens is 1. The molecule has 1 atom stereocenters. The Morgan fingerprint density at radius 2 is 2.06 bits per heavy atom. The van der Waals surface area contributed by atoms with Crippen molar-refractivity contribution in [2.24, 2.45) is 0 Å². The molecule has 1 aromatic carbocycles. The quantitative estimate of drug-likeness (QED) is 0.901. The molecule has 0 unspecified atom stereocenters. The summed E-state index contributed by atoms with van der Waals surface area (Å²) >= 11 is 0. The summed E-state index contributed by atoms with van der Waals surface area (Å²) < 4.78 is 18.6. The lowest BCUT2D eigenvalue weighted by molar-refractivity contribution is 0.189. The van der Waals surface area contributed by atoms with Crippen molar-refractivity contribution in [2.45, 2.75) is 19.6 Å². The van der Waals surface area contributed by atoms with Gasteiger partial charge in [-0.05, 0) is 31.2 Å². The summed E-state index contributed by atoms with van der Waals surface area (Å²) in [6.07, 6.45) is 2.44. The lowest BCUT2D eigenvalue weighted by atomic mass is 10.1. The number of aliphatic hydroxyl groups is 1. The highest BCUT2D eigenvalue weighted by atomic mass is 19.1. The number of rotatable bonds is 4. The maximum absolute atomic E-state index is 13.1. The molecule has 18 heavy (non-hydrogen) atoms. The van der Waals surface area contributed by atoms with Gasteiger partial charge in [-0.3, -0.25) is 0 Å². The Balaban J connectivity index is 2.14. The summed E-state index contributed by atoms with van der Waals surface area (Å²) in [4.78, 5) is 8.03. The van der Waals surface area contributed by atoms with Crippen molar-refractivity contribution in [1.82, 2.24) is 9.97 Å². The summed E-state index contributed by atoms with van der Waals surface area (Å²) in [5.74, 6) is 0.548. The summed E-state index contributed by atoms with van der Waals surface area (Å²) in [7, 11) is 0. The van der Waals surface area contributed by atoms with Crippen LogP contribution in [0.4, 0.5) is 4.39 Å². The molecule has 0 spiro atoms. The molecule has 94 valence electrons. The van der Waals surface area contributed by atoms with Gasteiger partial charge in [0.2, 0.25) is 0 Å². The molecule has 4 nitrogen and oxygen atoms in total. The minimum atomic E-state index is -0.799. The Morgan fingerprint density at radius 3 is 2.72 bits per heavy atom. The maximum Gasteiger partial charge on any atom is 0.166 e. The van der Waals surface area contributed by atoms with Crippen molar-refractivity contribution in [3.05, 3.63) is 53.9 Å². The average Bonchev–Trinajstić information content (AvgIpc) is 2.38. The van der Waals surface area contributed by atoms with E-state index in [9.17, 15) is 9.50 Å². The van der Waals surface area contributed by atoms with Gasteiger partial charge in [-0.25, -0.2) is 14.4 Å². The minimum absolute atomic E-state index is 0.173. The number of ether oxygens (including phenoxy) is 1. The SMILES string of the molecule is C[C@H](O)c1cc(F)ccc1OCc1ncccn1. The predicted octanol–water partition coefficient (Wildman–Crippen LogP) is 2.25. The first-order valence-electron chi connectivity index (χ1n) is 5.53. The molecule has 0 saturated carbocycles. The lowest BCUT2D eigenvalue weighted by Gasteiger charge is -2.12. The van der Waals surface area contributed by atoms with Crippen LogP contribution in [0.25, 0.3) is 0 Å². The van der Waals surface area contributed by atoms with Crippen LogP contribution in [0.2, 0.25) is 0 Å². The molecule has 1 N–H and O–H groups in total. The first-order chi connectivity index (χ1) is 8.66. The van der Waals surface area contributed by atoms with Crippen LogP contribution in [0.1, 0.15) is 24.4 Å². The number of aliphatic hydroxyl groups excluding tert-OH is 1. The topological polar surface area (TPSA) is 55.2 Å². The van der Waals surface area contributed by atoms with E-state index < -0.39 is 11.9 Å². The maximum atomic E-state index is 13.1. The van der Waals surface area contributed by atoms with Gasteiger partial charge in [-0.1, -0.05) is 0 Å². The lowest BCUT2D eigenvalue weighted by Crippen LogP contribution is -2.04. The Hall–Kier alpha value is -2.01. The van der Waals surface area contributed by atoms with Gasteiger partial charge < -0.3 is 9.84 Å². The molecule has 1 aromatic heterocycles. The van der Waals surface area contributed by atoms with Crippen LogP contribution in [0.15, 0.2) is 36.7 Å². The van der Waals surface area contributed by atoms with Gasteiger partial charge in [0, 0.05) is 18.0 Å². The van der Waals surface area contributed by atoms with Crippen molar-refractivity contribution in [3.8, 4) is 5.75 Å². The minimum Gasteiger partial charge on any atom is -0.485 e. The van der Waals surface area contributed by atoms with Crippen molar-refractivity contribution >= 4 is 0 Å². The van der Waals surface area contributed by atoms with Crippen molar-refractivity contribution < 1.29 is 14.2 Å². The third-order valence-electron chi connectivity index (χ3n) is 2.40. The number of aromatic nitrogens is 2. The standard InChI is InChI=1S/C13H13FN2O2/c1-9(17)11-7-10(14)3-4-12(11)18-8-13-15-5-2-6-16-13/h2-7,9,17H,8H2,1H3/t9-/m0/s1. The smallest absolute Gasteiger partial charge is 0.166 e. The zero-order chi connectivity index (χ0) is 13.0. The molecule has 0 aliphatic heterocycles. The van der Waals surface area contributed by atoms with Gasteiger partial charge in [0.15, 0.2) is 5.82 Å². The highest BCUT2D eigenvalue weighted by Crippen LogP contribution is 2.26. The second-order valence-corrected chi connectivity index (χ2v) is 3.81. The average molecular weight is 248 g/mol. The van der Waals surface area contributed by atoms with Crippen LogP contribution in [-0.4, -0.2) is 15.1 Å². The Labute approximate surface area is 104 Å². The molecule has 0 bridgehead atoms. The summed E-state index contributed by atoms with van der Waals surface area (Å²) in [6.45, 7) is 1.73. The van der Waals surface area contributed by atoms with E-state index in [1.165, 1.54) is 18.2 Å². The van der Waals surface area contributed by atoms with Gasteiger partial charge in [0.05, 0.1) is 6.10 Å². The Kier molecular flexibility index (Phi) is 3.84. The molecule has 0 aliphatic carbocycles. The fraction of sp³-hybridized carbons (Fsp3) is 0.231. The second-order valence-electron chi connectivity index (χ2n) is 3.81. The molecule has 0 radical (unpaired) electrons. The molecular formula is C13H13FN2O2. The fourth-order valence-corrected chi connectivity index (χ4v) is 1.52. The molecule has 1 heterocycles. The molecular weight excluding hydrogens is 235 g/mol. The number of benzene rings is 1. The molecule has 0 saturated heterocycles. The first-order valence-corrected chi connectivity index (χ1v) is 5.53. The number of hydrogen-bond acceptors (Lipinski definition) is 4. The van der Waals surface area contributed by atoms with E-state index in [0.717, 1.165) is 0 Å². The van der Waals surface area contributed by atoms with Crippen molar-refractivity contribution in [2.75, 3.05) is 0 Å². The van der Waals surface area contributed by atoms with Crippen molar-refractivity contribution in [3.63, 3.8) is 0 Å². The van der Waals surface area contributed by atoms with Gasteiger partial charge in [-0.2, -0.15) is 0 Å². The molecule has 5 heteroatoms. The Bertz CT molecular complexity index is 518. The van der Waals surface area contributed by atoms with E-state index in [2.05, 4.69) is 9.97 Å². The van der Waals surface area contributed by atoms with Crippen molar-refractivity contribution in [1.29, 1.82) is 0 Å². The van der Waals surface area contributed by atoms with Crippen LogP contribution >= 0.6 is 0 Å². The van der Waals surface area contributed by atoms with Crippen LogP contribution in [-0.2, 0) is 6.61 Å². The first kappa shape index (κ1) is 12.4. The van der Waals surface area contributed by atoms with Crippen LogP contribution in [0, 0.1) is 5.82 Å². The summed E-state index contributed by atoms with van der Waals surface area (Å²) in [6, 6.07) is 5.74. The normalized spacial score (nSPS) is 12.2. The summed E-state index contributed by atoms with van der Waals surface area (Å²) in [5.41, 5.74) is 0.408. The van der Waals surface area contributed by atoms with E-state index >= 15 is 0 Å². The summed E-state index contributed by atoms with van der Waals surface area (Å²) in [5, 5.41) is 9.55. The molecule has 2 aromatic rings.